The average Bonchev–Trinajstić information content (AvgIpc) is 3.27. The van der Waals surface area contributed by atoms with E-state index in [1.807, 2.05) is 27.7 Å². The molecule has 2 aromatic carbocycles. The van der Waals surface area contributed by atoms with Crippen molar-refractivity contribution >= 4 is 35.0 Å². The van der Waals surface area contributed by atoms with Crippen LogP contribution in [-0.2, 0) is 16.4 Å². The Morgan fingerprint density at radius 3 is 2.31 bits per heavy atom. The van der Waals surface area contributed by atoms with Crippen molar-refractivity contribution in [3.8, 4) is 5.69 Å². The standard InChI is InChI=1S/C28H33ClF3N5O2/c1-5-6-11-16-36(26(39)33-21-14-9-7-12-19(21)28(30,31)32)18-25(38)34-24-17-23(27(2,3)4)35-37(24)22-15-10-8-13-20(22)29/h7-10,12-15,17H,5-6,11,16,18H2,1-4H3,(H,33,39)(H,34,38). The number of benzene rings is 2. The third-order valence-electron chi connectivity index (χ3n) is 5.95. The van der Waals surface area contributed by atoms with Gasteiger partial charge in [0.05, 0.1) is 27.7 Å². The molecule has 0 saturated heterocycles. The summed E-state index contributed by atoms with van der Waals surface area (Å²) in [7, 11) is 0. The number of halogens is 4. The first-order valence-electron chi connectivity index (χ1n) is 12.7. The van der Waals surface area contributed by atoms with Gasteiger partial charge in [-0.1, -0.05) is 76.4 Å². The van der Waals surface area contributed by atoms with Crippen molar-refractivity contribution in [1.29, 1.82) is 0 Å². The van der Waals surface area contributed by atoms with Crippen molar-refractivity contribution in [2.75, 3.05) is 23.7 Å². The topological polar surface area (TPSA) is 79.3 Å². The number of para-hydroxylation sites is 2. The molecule has 0 bridgehead atoms. The number of amides is 3. The zero-order chi connectivity index (χ0) is 28.8. The molecule has 0 aliphatic rings. The zero-order valence-corrected chi connectivity index (χ0v) is 23.2. The smallest absolute Gasteiger partial charge is 0.315 e. The van der Waals surface area contributed by atoms with Gasteiger partial charge in [-0.3, -0.25) is 4.79 Å². The fraction of sp³-hybridized carbons (Fsp3) is 0.393. The van der Waals surface area contributed by atoms with Crippen LogP contribution >= 0.6 is 11.6 Å². The van der Waals surface area contributed by atoms with Crippen molar-refractivity contribution in [2.45, 2.75) is 58.5 Å². The number of carbonyl (C=O) groups is 2. The largest absolute Gasteiger partial charge is 0.418 e. The average molecular weight is 564 g/mol. The Labute approximate surface area is 231 Å². The van der Waals surface area contributed by atoms with Crippen molar-refractivity contribution in [3.05, 3.63) is 70.9 Å². The predicted octanol–water partition coefficient (Wildman–Crippen LogP) is 7.50. The summed E-state index contributed by atoms with van der Waals surface area (Å²) in [5.74, 6) is -0.172. The van der Waals surface area contributed by atoms with Crippen LogP contribution in [-0.4, -0.2) is 39.7 Å². The summed E-state index contributed by atoms with van der Waals surface area (Å²) in [5.41, 5.74) is -0.397. The molecular weight excluding hydrogens is 531 g/mol. The third kappa shape index (κ3) is 7.98. The Morgan fingerprint density at radius 1 is 1.00 bits per heavy atom. The lowest BCUT2D eigenvalue weighted by Gasteiger charge is -2.24. The second-order valence-electron chi connectivity index (χ2n) is 10.2. The number of aromatic nitrogens is 2. The molecule has 3 amide bonds. The van der Waals surface area contributed by atoms with E-state index in [4.69, 9.17) is 11.6 Å². The van der Waals surface area contributed by atoms with Crippen molar-refractivity contribution in [3.63, 3.8) is 0 Å². The molecule has 0 saturated carbocycles. The second-order valence-corrected chi connectivity index (χ2v) is 10.6. The van der Waals surface area contributed by atoms with Gasteiger partial charge < -0.3 is 15.5 Å². The molecule has 0 atom stereocenters. The van der Waals surface area contributed by atoms with Crippen LogP contribution in [0.1, 0.15) is 58.2 Å². The number of carbonyl (C=O) groups excluding carboxylic acids is 2. The minimum atomic E-state index is -4.64. The van der Waals surface area contributed by atoms with E-state index in [1.54, 1.807) is 30.3 Å². The Kier molecular flexibility index (Phi) is 9.66. The lowest BCUT2D eigenvalue weighted by molar-refractivity contribution is -0.137. The van der Waals surface area contributed by atoms with Gasteiger partial charge in [-0.25, -0.2) is 9.48 Å². The van der Waals surface area contributed by atoms with Crippen molar-refractivity contribution < 1.29 is 22.8 Å². The molecule has 0 fully saturated rings. The molecule has 0 unspecified atom stereocenters. The van der Waals surface area contributed by atoms with Crippen LogP contribution in [0, 0.1) is 0 Å². The molecule has 1 heterocycles. The molecule has 0 spiro atoms. The molecular formula is C28H33ClF3N5O2. The van der Waals surface area contributed by atoms with E-state index in [2.05, 4.69) is 15.7 Å². The summed E-state index contributed by atoms with van der Waals surface area (Å²) >= 11 is 6.39. The normalized spacial score (nSPS) is 11.8. The molecule has 39 heavy (non-hydrogen) atoms. The van der Waals surface area contributed by atoms with Crippen molar-refractivity contribution in [2.24, 2.45) is 0 Å². The fourth-order valence-corrected chi connectivity index (χ4v) is 4.05. The van der Waals surface area contributed by atoms with Crippen LogP contribution in [0.4, 0.5) is 29.5 Å². The number of urea groups is 1. The Balaban J connectivity index is 1.85. The van der Waals surface area contributed by atoms with E-state index in [0.29, 0.717) is 28.6 Å². The summed E-state index contributed by atoms with van der Waals surface area (Å²) in [4.78, 5) is 27.5. The maximum absolute atomic E-state index is 13.4. The van der Waals surface area contributed by atoms with Gasteiger partial charge in [-0.2, -0.15) is 18.3 Å². The van der Waals surface area contributed by atoms with Gasteiger partial charge in [-0.05, 0) is 30.7 Å². The molecule has 210 valence electrons. The van der Waals surface area contributed by atoms with Gasteiger partial charge in [0.25, 0.3) is 0 Å². The van der Waals surface area contributed by atoms with Gasteiger partial charge in [-0.15, -0.1) is 0 Å². The summed E-state index contributed by atoms with van der Waals surface area (Å²) in [6.07, 6.45) is -2.40. The van der Waals surface area contributed by atoms with E-state index in [1.165, 1.54) is 27.8 Å². The number of hydrogen-bond donors (Lipinski definition) is 2. The highest BCUT2D eigenvalue weighted by atomic mass is 35.5. The van der Waals surface area contributed by atoms with E-state index in [0.717, 1.165) is 18.9 Å². The molecule has 7 nitrogen and oxygen atoms in total. The number of rotatable bonds is 9. The van der Waals surface area contributed by atoms with Gasteiger partial charge in [0, 0.05) is 18.0 Å². The van der Waals surface area contributed by atoms with Crippen LogP contribution in [0.25, 0.3) is 5.69 Å². The minimum Gasteiger partial charge on any atom is -0.315 e. The zero-order valence-electron chi connectivity index (χ0n) is 22.4. The molecule has 2 N–H and O–H groups in total. The van der Waals surface area contributed by atoms with Crippen molar-refractivity contribution in [1.82, 2.24) is 14.7 Å². The maximum atomic E-state index is 13.4. The Hall–Kier alpha value is -3.53. The highest BCUT2D eigenvalue weighted by Crippen LogP contribution is 2.35. The van der Waals surface area contributed by atoms with E-state index < -0.39 is 23.7 Å². The summed E-state index contributed by atoms with van der Waals surface area (Å²) in [6.45, 7) is 7.75. The maximum Gasteiger partial charge on any atom is 0.418 e. The number of unbranched alkanes of at least 4 members (excludes halogenated alkanes) is 2. The van der Waals surface area contributed by atoms with Crippen LogP contribution < -0.4 is 10.6 Å². The number of anilines is 2. The van der Waals surface area contributed by atoms with Gasteiger partial charge in [0.15, 0.2) is 0 Å². The highest BCUT2D eigenvalue weighted by molar-refractivity contribution is 6.32. The van der Waals surface area contributed by atoms with Crippen LogP contribution in [0.3, 0.4) is 0 Å². The first kappa shape index (κ1) is 30.0. The Bertz CT molecular complexity index is 1300. The highest BCUT2D eigenvalue weighted by Gasteiger charge is 2.34. The Morgan fingerprint density at radius 2 is 1.67 bits per heavy atom. The van der Waals surface area contributed by atoms with E-state index in [9.17, 15) is 22.8 Å². The van der Waals surface area contributed by atoms with E-state index >= 15 is 0 Å². The summed E-state index contributed by atoms with van der Waals surface area (Å²) in [6, 6.07) is 12.7. The van der Waals surface area contributed by atoms with Crippen LogP contribution in [0.5, 0.6) is 0 Å². The predicted molar refractivity (Wildman–Crippen MR) is 147 cm³/mol. The molecule has 3 rings (SSSR count). The molecule has 3 aromatic rings. The van der Waals surface area contributed by atoms with Gasteiger partial charge in [0.1, 0.15) is 12.4 Å². The molecule has 1 aromatic heterocycles. The van der Waals surface area contributed by atoms with E-state index in [-0.39, 0.29) is 24.2 Å². The summed E-state index contributed by atoms with van der Waals surface area (Å²) in [5, 5.41) is 10.2. The van der Waals surface area contributed by atoms with Gasteiger partial charge >= 0.3 is 12.2 Å². The lowest BCUT2D eigenvalue weighted by atomic mass is 9.92. The summed E-state index contributed by atoms with van der Waals surface area (Å²) < 4.78 is 41.9. The number of alkyl halides is 3. The first-order valence-corrected chi connectivity index (χ1v) is 13.1. The lowest BCUT2D eigenvalue weighted by Crippen LogP contribution is -2.41. The van der Waals surface area contributed by atoms with Crippen LogP contribution in [0.15, 0.2) is 54.6 Å². The molecule has 11 heteroatoms. The number of nitrogens with zero attached hydrogens (tertiary/aromatic N) is 3. The SMILES string of the molecule is CCCCCN(CC(=O)Nc1cc(C(C)(C)C)nn1-c1ccccc1Cl)C(=O)Nc1ccccc1C(F)(F)F. The minimum absolute atomic E-state index is 0.193. The molecule has 0 aliphatic heterocycles. The number of hydrogen-bond acceptors (Lipinski definition) is 3. The third-order valence-corrected chi connectivity index (χ3v) is 6.27. The molecule has 0 aliphatic carbocycles. The first-order chi connectivity index (χ1) is 18.3. The van der Waals surface area contributed by atoms with Gasteiger partial charge in [0.2, 0.25) is 5.91 Å². The second kappa shape index (κ2) is 12.5. The fourth-order valence-electron chi connectivity index (χ4n) is 3.84. The monoisotopic (exact) mass is 563 g/mol. The quantitative estimate of drug-likeness (QED) is 0.264. The molecule has 0 radical (unpaired) electrons. The number of nitrogens with one attached hydrogen (secondary N) is 2. The van der Waals surface area contributed by atoms with Crippen LogP contribution in [0.2, 0.25) is 5.02 Å².